The smallest absolute Gasteiger partial charge is 0.0477 e. The zero-order chi connectivity index (χ0) is 4.28. The first-order valence-corrected chi connectivity index (χ1v) is 2.02. The molecule has 1 radical (unpaired) electrons. The molecule has 0 aromatic rings. The third-order valence-electron chi connectivity index (χ3n) is 0.296. The van der Waals surface area contributed by atoms with Gasteiger partial charge in [-0.1, -0.05) is 6.92 Å². The Kier molecular flexibility index (Phi) is 2.70. The monoisotopic (exact) mass is 90.0 g/mol. The van der Waals surface area contributed by atoms with Crippen LogP contribution in [0.1, 0.15) is 6.42 Å². The summed E-state index contributed by atoms with van der Waals surface area (Å²) in [5.74, 6) is 0. The van der Waals surface area contributed by atoms with Gasteiger partial charge in [0.05, 0.1) is 0 Å². The van der Waals surface area contributed by atoms with Crippen molar-refractivity contribution >= 4 is 12.6 Å². The van der Waals surface area contributed by atoms with E-state index in [0.29, 0.717) is 6.42 Å². The van der Waals surface area contributed by atoms with Crippen LogP contribution in [-0.4, -0.2) is 5.37 Å². The van der Waals surface area contributed by atoms with Crippen molar-refractivity contribution in [2.24, 2.45) is 5.73 Å². The molecule has 1 atom stereocenters. The van der Waals surface area contributed by atoms with Gasteiger partial charge in [0.2, 0.25) is 0 Å². The highest BCUT2D eigenvalue weighted by Gasteiger charge is 1.80. The van der Waals surface area contributed by atoms with Crippen LogP contribution in [0.2, 0.25) is 0 Å². The van der Waals surface area contributed by atoms with Crippen molar-refractivity contribution in [3.8, 4) is 0 Å². The van der Waals surface area contributed by atoms with Crippen molar-refractivity contribution < 1.29 is 0 Å². The highest BCUT2D eigenvalue weighted by Crippen LogP contribution is 1.85. The number of hydrogen-bond donors (Lipinski definition) is 2. The van der Waals surface area contributed by atoms with E-state index in [9.17, 15) is 0 Å². The maximum absolute atomic E-state index is 5.09. The number of hydrogen-bond acceptors (Lipinski definition) is 2. The molecule has 31 valence electrons. The number of nitrogens with two attached hydrogens (primary N) is 1. The van der Waals surface area contributed by atoms with Gasteiger partial charge in [-0.25, -0.2) is 0 Å². The van der Waals surface area contributed by atoms with E-state index >= 15 is 0 Å². The third-order valence-corrected chi connectivity index (χ3v) is 0.554. The summed E-state index contributed by atoms with van der Waals surface area (Å²) in [4.78, 5) is 0. The second kappa shape index (κ2) is 2.54. The molecule has 2 N–H and O–H groups in total. The van der Waals surface area contributed by atoms with Crippen LogP contribution in [0.25, 0.3) is 0 Å². The summed E-state index contributed by atoms with van der Waals surface area (Å²) in [6.45, 7) is 3.48. The molecular weight excluding hydrogens is 82.1 g/mol. The van der Waals surface area contributed by atoms with Crippen molar-refractivity contribution in [3.05, 3.63) is 6.92 Å². The summed E-state index contributed by atoms with van der Waals surface area (Å²) in [5.41, 5.74) is 5.09. The molecule has 0 aliphatic heterocycles. The molecule has 0 unspecified atom stereocenters. The molecule has 2 heteroatoms. The number of rotatable bonds is 1. The molecule has 1 nitrogen and oxygen atoms in total. The fraction of sp³-hybridized carbons (Fsp3) is 0.667. The molecule has 0 saturated heterocycles. The fourth-order valence-electron chi connectivity index (χ4n) is 0. The average molecular weight is 90.2 g/mol. The summed E-state index contributed by atoms with van der Waals surface area (Å²) < 4.78 is 0. The number of thiol groups is 1. The molecule has 0 heterocycles. The summed E-state index contributed by atoms with van der Waals surface area (Å²) >= 11 is 3.81. The molecular formula is C3H8NS. The quantitative estimate of drug-likeness (QED) is 0.354. The van der Waals surface area contributed by atoms with E-state index in [4.69, 9.17) is 5.73 Å². The molecule has 0 amide bonds. The van der Waals surface area contributed by atoms with Crippen molar-refractivity contribution in [2.75, 3.05) is 0 Å². The van der Waals surface area contributed by atoms with Gasteiger partial charge >= 0.3 is 0 Å². The normalized spacial score (nSPS) is 15.0. The van der Waals surface area contributed by atoms with Crippen LogP contribution in [-0.2, 0) is 0 Å². The lowest BCUT2D eigenvalue weighted by Crippen LogP contribution is -2.08. The van der Waals surface area contributed by atoms with E-state index in [1.54, 1.807) is 0 Å². The van der Waals surface area contributed by atoms with Crippen molar-refractivity contribution in [1.82, 2.24) is 0 Å². The topological polar surface area (TPSA) is 26.0 Å². The fourth-order valence-corrected chi connectivity index (χ4v) is 0. The van der Waals surface area contributed by atoms with Gasteiger partial charge in [0.25, 0.3) is 0 Å². The van der Waals surface area contributed by atoms with Gasteiger partial charge in [-0.2, -0.15) is 12.6 Å². The van der Waals surface area contributed by atoms with Crippen LogP contribution < -0.4 is 5.73 Å². The Balaban J connectivity index is 2.54. The lowest BCUT2D eigenvalue weighted by atomic mass is 10.5. The first-order valence-electron chi connectivity index (χ1n) is 1.50. The van der Waals surface area contributed by atoms with Crippen LogP contribution in [0, 0.1) is 6.92 Å². The van der Waals surface area contributed by atoms with E-state index in [2.05, 4.69) is 19.6 Å². The molecule has 0 aromatic carbocycles. The Bertz CT molecular complexity index is 20.9. The van der Waals surface area contributed by atoms with Crippen molar-refractivity contribution in [3.63, 3.8) is 0 Å². The predicted molar refractivity (Wildman–Crippen MR) is 26.9 cm³/mol. The zero-order valence-corrected chi connectivity index (χ0v) is 3.91. The minimum Gasteiger partial charge on any atom is -0.320 e. The average Bonchev–Trinajstić information content (AvgIpc) is 1.38. The minimum absolute atomic E-state index is 0.0324. The molecule has 0 aliphatic rings. The van der Waals surface area contributed by atoms with E-state index in [1.165, 1.54) is 0 Å². The van der Waals surface area contributed by atoms with E-state index < -0.39 is 0 Å². The van der Waals surface area contributed by atoms with Gasteiger partial charge < -0.3 is 5.73 Å². The van der Waals surface area contributed by atoms with Crippen LogP contribution in [0.4, 0.5) is 0 Å². The second-order valence-electron chi connectivity index (χ2n) is 0.856. The Labute approximate surface area is 38.0 Å². The third kappa shape index (κ3) is 4.31. The first-order chi connectivity index (χ1) is 2.27. The van der Waals surface area contributed by atoms with Gasteiger partial charge in [0, 0.05) is 5.37 Å². The molecule has 0 spiro atoms. The highest BCUT2D eigenvalue weighted by atomic mass is 32.1. The maximum atomic E-state index is 5.09. The van der Waals surface area contributed by atoms with Gasteiger partial charge in [0.15, 0.2) is 0 Å². The van der Waals surface area contributed by atoms with E-state index in [1.807, 2.05) is 0 Å². The molecule has 0 fully saturated rings. The van der Waals surface area contributed by atoms with Gasteiger partial charge in [-0.05, 0) is 6.42 Å². The summed E-state index contributed by atoms with van der Waals surface area (Å²) in [7, 11) is 0. The second-order valence-corrected chi connectivity index (χ2v) is 1.52. The highest BCUT2D eigenvalue weighted by molar-refractivity contribution is 7.80. The van der Waals surface area contributed by atoms with E-state index in [0.717, 1.165) is 0 Å². The molecule has 0 aromatic heterocycles. The minimum atomic E-state index is -0.0324. The molecule has 5 heavy (non-hydrogen) atoms. The Morgan fingerprint density at radius 3 is 2.20 bits per heavy atom. The lowest BCUT2D eigenvalue weighted by Gasteiger charge is -1.90. The standard InChI is InChI=1S/C3H8NS/c1-2-3(4)5/h3,5H,1-2,4H2/t3-/m1/s1. The Morgan fingerprint density at radius 1 is 2.00 bits per heavy atom. The predicted octanol–water partition coefficient (Wildman–Crippen LogP) is 0.425. The molecule has 0 saturated carbocycles. The lowest BCUT2D eigenvalue weighted by molar-refractivity contribution is 0.940. The summed E-state index contributed by atoms with van der Waals surface area (Å²) in [6, 6.07) is 0. The molecule has 0 rings (SSSR count). The zero-order valence-electron chi connectivity index (χ0n) is 3.02. The van der Waals surface area contributed by atoms with Gasteiger partial charge in [-0.3, -0.25) is 0 Å². The Morgan fingerprint density at radius 2 is 2.20 bits per heavy atom. The van der Waals surface area contributed by atoms with Gasteiger partial charge in [-0.15, -0.1) is 0 Å². The van der Waals surface area contributed by atoms with Crippen LogP contribution >= 0.6 is 12.6 Å². The maximum Gasteiger partial charge on any atom is 0.0477 e. The Hall–Kier alpha value is 0.310. The van der Waals surface area contributed by atoms with Crippen LogP contribution in [0.5, 0.6) is 0 Å². The first kappa shape index (κ1) is 5.31. The summed E-state index contributed by atoms with van der Waals surface area (Å²) in [6.07, 6.45) is 0.698. The van der Waals surface area contributed by atoms with Crippen LogP contribution in [0.15, 0.2) is 0 Å². The molecule has 0 bridgehead atoms. The van der Waals surface area contributed by atoms with Gasteiger partial charge in [0.1, 0.15) is 0 Å². The summed E-state index contributed by atoms with van der Waals surface area (Å²) in [5, 5.41) is -0.0324. The van der Waals surface area contributed by atoms with Crippen molar-refractivity contribution in [1.29, 1.82) is 0 Å². The van der Waals surface area contributed by atoms with Crippen molar-refractivity contribution in [2.45, 2.75) is 11.8 Å². The van der Waals surface area contributed by atoms with Crippen LogP contribution in [0.3, 0.4) is 0 Å². The SMILES string of the molecule is [CH2]C[C@H](N)S. The largest absolute Gasteiger partial charge is 0.320 e. The molecule has 0 aliphatic carbocycles. The van der Waals surface area contributed by atoms with E-state index in [-0.39, 0.29) is 5.37 Å².